The molecule has 0 aromatic heterocycles. The quantitative estimate of drug-likeness (QED) is 0.122. The Balaban J connectivity index is 1.15. The van der Waals surface area contributed by atoms with Gasteiger partial charge in [-0.25, -0.2) is 17.9 Å². The van der Waals surface area contributed by atoms with Gasteiger partial charge in [0, 0.05) is 55.3 Å². The summed E-state index contributed by atoms with van der Waals surface area (Å²) in [4.78, 5) is 14.2. The highest BCUT2D eigenvalue weighted by atomic mass is 35.5. The number of benzene rings is 2. The monoisotopic (exact) mass is 762 g/mol. The van der Waals surface area contributed by atoms with Crippen LogP contribution in [-0.4, -0.2) is 132 Å². The number of halogens is 2. The maximum atomic E-state index is 12.8. The summed E-state index contributed by atoms with van der Waals surface area (Å²) in [6.45, 7) is 9.60. The molecule has 2 amide bonds. The van der Waals surface area contributed by atoms with Crippen molar-refractivity contribution in [3.63, 3.8) is 0 Å². The lowest BCUT2D eigenvalue weighted by Crippen LogP contribution is -2.39. The second-order valence-corrected chi connectivity index (χ2v) is 14.1. The first kappa shape index (κ1) is 42.3. The smallest absolute Gasteiger partial charge is 0.314 e. The van der Waals surface area contributed by atoms with Crippen molar-refractivity contribution in [2.45, 2.75) is 30.7 Å². The van der Waals surface area contributed by atoms with Crippen LogP contribution < -0.4 is 15.4 Å². The lowest BCUT2D eigenvalue weighted by atomic mass is 9.85. The molecule has 0 spiro atoms. The summed E-state index contributed by atoms with van der Waals surface area (Å²) in [7, 11) is -1.67. The Morgan fingerprint density at radius 1 is 0.760 bits per heavy atom. The average Bonchev–Trinajstić information content (AvgIpc) is 3.09. The number of ether oxygens (including phenoxy) is 6. The van der Waals surface area contributed by atoms with E-state index in [4.69, 9.17) is 51.6 Å². The van der Waals surface area contributed by atoms with Crippen LogP contribution in [0.3, 0.4) is 0 Å². The van der Waals surface area contributed by atoms with Crippen molar-refractivity contribution >= 4 is 39.3 Å². The average molecular weight is 764 g/mol. The molecule has 282 valence electrons. The highest BCUT2D eigenvalue weighted by molar-refractivity contribution is 7.89. The van der Waals surface area contributed by atoms with Gasteiger partial charge in [0.1, 0.15) is 0 Å². The third-order valence-corrected chi connectivity index (χ3v) is 9.56. The molecular formula is C34H52Cl2N4O9S. The van der Waals surface area contributed by atoms with Crippen LogP contribution in [0.4, 0.5) is 4.79 Å². The summed E-state index contributed by atoms with van der Waals surface area (Å²) >= 11 is 12.8. The molecule has 3 rings (SSSR count). The van der Waals surface area contributed by atoms with Gasteiger partial charge >= 0.3 is 6.03 Å². The third-order valence-electron chi connectivity index (χ3n) is 7.52. The van der Waals surface area contributed by atoms with Crippen LogP contribution in [0, 0.1) is 0 Å². The van der Waals surface area contributed by atoms with Crippen molar-refractivity contribution in [1.29, 1.82) is 0 Å². The highest BCUT2D eigenvalue weighted by Crippen LogP contribution is 2.38. The van der Waals surface area contributed by atoms with E-state index < -0.39 is 10.0 Å². The van der Waals surface area contributed by atoms with E-state index in [0.717, 1.165) is 42.8 Å². The van der Waals surface area contributed by atoms with E-state index in [0.29, 0.717) is 89.2 Å². The summed E-state index contributed by atoms with van der Waals surface area (Å²) in [5, 5.41) is 6.63. The zero-order chi connectivity index (χ0) is 36.0. The molecule has 0 aliphatic carbocycles. The van der Waals surface area contributed by atoms with Crippen molar-refractivity contribution < 1.29 is 41.6 Å². The van der Waals surface area contributed by atoms with Crippen LogP contribution in [-0.2, 0) is 45.0 Å². The van der Waals surface area contributed by atoms with E-state index in [1.54, 1.807) is 18.2 Å². The topological polar surface area (TPSA) is 146 Å². The molecule has 2 aromatic rings. The van der Waals surface area contributed by atoms with E-state index >= 15 is 0 Å². The van der Waals surface area contributed by atoms with E-state index in [1.807, 2.05) is 25.2 Å². The molecule has 50 heavy (non-hydrogen) atoms. The van der Waals surface area contributed by atoms with Gasteiger partial charge < -0.3 is 44.0 Å². The van der Waals surface area contributed by atoms with Gasteiger partial charge in [-0.2, -0.15) is 0 Å². The second-order valence-electron chi connectivity index (χ2n) is 11.5. The van der Waals surface area contributed by atoms with Gasteiger partial charge in [-0.1, -0.05) is 42.3 Å². The Kier molecular flexibility index (Phi) is 20.5. The molecule has 13 nitrogen and oxygen atoms in total. The maximum absolute atomic E-state index is 12.8. The van der Waals surface area contributed by atoms with Crippen molar-refractivity contribution in [3.8, 4) is 0 Å². The zero-order valence-corrected chi connectivity index (χ0v) is 31.4. The largest absolute Gasteiger partial charge is 0.379 e. The molecule has 0 fully saturated rings. The fourth-order valence-electron chi connectivity index (χ4n) is 5.11. The number of nitrogens with zero attached hydrogens (tertiary/aromatic N) is 1. The third kappa shape index (κ3) is 16.1. The lowest BCUT2D eigenvalue weighted by molar-refractivity contribution is 0.0153. The Bertz CT molecular complexity index is 1370. The molecule has 0 saturated heterocycles. The molecule has 0 radical (unpaired) electrons. The number of nitrogens with one attached hydrogen (secondary N) is 3. The fourth-order valence-corrected chi connectivity index (χ4v) is 6.69. The van der Waals surface area contributed by atoms with Gasteiger partial charge in [-0.15, -0.1) is 0 Å². The molecule has 2 aromatic carbocycles. The molecular weight excluding hydrogens is 711 g/mol. The van der Waals surface area contributed by atoms with Crippen LogP contribution in [0.5, 0.6) is 0 Å². The number of carbonyl (C=O) groups excluding carboxylic acids is 1. The molecule has 1 aliphatic heterocycles. The minimum Gasteiger partial charge on any atom is -0.379 e. The van der Waals surface area contributed by atoms with Crippen LogP contribution >= 0.6 is 23.2 Å². The number of amides is 2. The highest BCUT2D eigenvalue weighted by Gasteiger charge is 2.27. The number of hydrogen-bond donors (Lipinski definition) is 3. The van der Waals surface area contributed by atoms with Gasteiger partial charge in [0.15, 0.2) is 0 Å². The van der Waals surface area contributed by atoms with Crippen LogP contribution in [0.15, 0.2) is 41.3 Å². The Morgan fingerprint density at radius 3 is 1.80 bits per heavy atom. The summed E-state index contributed by atoms with van der Waals surface area (Å²) < 4.78 is 60.7. The first-order valence-corrected chi connectivity index (χ1v) is 19.2. The lowest BCUT2D eigenvalue weighted by Gasteiger charge is -2.33. The predicted molar refractivity (Wildman–Crippen MR) is 193 cm³/mol. The molecule has 16 heteroatoms. The van der Waals surface area contributed by atoms with Gasteiger partial charge in [0.25, 0.3) is 0 Å². The summed E-state index contributed by atoms with van der Waals surface area (Å²) in [5.74, 6) is 0.0248. The zero-order valence-electron chi connectivity index (χ0n) is 29.1. The number of urea groups is 1. The van der Waals surface area contributed by atoms with Gasteiger partial charge in [-0.3, -0.25) is 0 Å². The first-order chi connectivity index (χ1) is 24.2. The number of fused-ring (bicyclic) bond motifs is 1. The predicted octanol–water partition coefficient (Wildman–Crippen LogP) is 3.66. The first-order valence-electron chi connectivity index (χ1n) is 17.0. The number of likely N-dealkylation sites (N-methyl/N-ethyl adjacent to an activating group) is 1. The Labute approximate surface area is 306 Å². The minimum absolute atomic E-state index is 0.0248. The van der Waals surface area contributed by atoms with Crippen molar-refractivity contribution in [3.05, 3.63) is 63.1 Å². The molecule has 1 atom stereocenters. The number of sulfonamides is 1. The van der Waals surface area contributed by atoms with Crippen molar-refractivity contribution in [2.24, 2.45) is 0 Å². The van der Waals surface area contributed by atoms with E-state index in [9.17, 15) is 13.2 Å². The van der Waals surface area contributed by atoms with E-state index in [1.165, 1.54) is 0 Å². The molecule has 0 saturated carbocycles. The summed E-state index contributed by atoms with van der Waals surface area (Å²) in [6.07, 6.45) is 0.992. The minimum atomic E-state index is -3.70. The van der Waals surface area contributed by atoms with Gasteiger partial charge in [-0.05, 0) is 54.4 Å². The summed E-state index contributed by atoms with van der Waals surface area (Å²) in [6, 6.07) is 10.3. The van der Waals surface area contributed by atoms with Gasteiger partial charge in [0.2, 0.25) is 10.0 Å². The van der Waals surface area contributed by atoms with Gasteiger partial charge in [0.05, 0.1) is 77.6 Å². The fraction of sp³-hybridized carbons (Fsp3) is 0.618. The number of hydrogen-bond acceptors (Lipinski definition) is 10. The Morgan fingerprint density at radius 2 is 1.26 bits per heavy atom. The van der Waals surface area contributed by atoms with Crippen LogP contribution in [0.2, 0.25) is 10.0 Å². The second kappa shape index (κ2) is 24.2. The molecule has 1 heterocycles. The van der Waals surface area contributed by atoms with Crippen LogP contribution in [0.1, 0.15) is 36.0 Å². The molecule has 0 unspecified atom stereocenters. The van der Waals surface area contributed by atoms with E-state index in [2.05, 4.69) is 27.2 Å². The van der Waals surface area contributed by atoms with E-state index in [-0.39, 0.29) is 30.0 Å². The normalized spacial score (nSPS) is 14.8. The molecule has 0 bridgehead atoms. The SMILES string of the molecule is CCCOCCOCCOCCNC(=O)NCCOCCOCCOCCNS(=O)(=O)c1ccc([C@@H]2CN(C)Cc3c(Cl)cc(Cl)cc32)cc1. The van der Waals surface area contributed by atoms with Crippen LogP contribution in [0.25, 0.3) is 0 Å². The summed E-state index contributed by atoms with van der Waals surface area (Å²) in [5.41, 5.74) is 3.10. The number of carbonyl (C=O) groups is 1. The molecule has 1 aliphatic rings. The standard InChI is InChI=1S/C34H52Cl2N4O9S/c1-3-11-44-15-19-48-20-16-45-12-8-37-34(41)38-9-13-46-17-21-49-22-18-47-14-10-39-50(42,43)29-6-4-27(5-7-29)31-25-40(2)26-32-30(31)23-28(35)24-33(32)36/h4-7,23-24,31,39H,3,8-22,25-26H2,1-2H3,(H2,37,38,41)/t31-/m0/s1. The Hall–Kier alpha value is -2.08. The van der Waals surface area contributed by atoms with Crippen molar-refractivity contribution in [2.75, 3.05) is 113 Å². The number of rotatable bonds is 26. The molecule has 3 N–H and O–H groups in total. The van der Waals surface area contributed by atoms with Crippen molar-refractivity contribution in [1.82, 2.24) is 20.3 Å². The maximum Gasteiger partial charge on any atom is 0.314 e.